The molecule has 1 atom stereocenters. The van der Waals surface area contributed by atoms with Crippen LogP contribution < -0.4 is 10.1 Å². The van der Waals surface area contributed by atoms with Crippen LogP contribution in [0.15, 0.2) is 12.1 Å². The molecule has 0 bridgehead atoms. The van der Waals surface area contributed by atoms with E-state index in [4.69, 9.17) is 44.3 Å². The van der Waals surface area contributed by atoms with Gasteiger partial charge < -0.3 is 9.47 Å². The molecule has 0 saturated carbocycles. The van der Waals surface area contributed by atoms with Gasteiger partial charge in [-0.1, -0.05) is 34.8 Å². The molecule has 1 aromatic rings. The van der Waals surface area contributed by atoms with Gasteiger partial charge in [0, 0.05) is 18.2 Å². The number of hydrogen-bond acceptors (Lipinski definition) is 3. The van der Waals surface area contributed by atoms with E-state index in [9.17, 15) is 0 Å². The molecule has 18 heavy (non-hydrogen) atoms. The molecule has 0 amide bonds. The van der Waals surface area contributed by atoms with E-state index < -0.39 is 0 Å². The van der Waals surface area contributed by atoms with Crippen LogP contribution in [-0.4, -0.2) is 26.0 Å². The highest BCUT2D eigenvalue weighted by Crippen LogP contribution is 2.36. The molecule has 3 nitrogen and oxygen atoms in total. The molecule has 1 N–H and O–H groups in total. The molecule has 1 unspecified atom stereocenters. The lowest BCUT2D eigenvalue weighted by Crippen LogP contribution is -2.34. The van der Waals surface area contributed by atoms with Gasteiger partial charge in [-0.25, -0.2) is 0 Å². The van der Waals surface area contributed by atoms with Crippen molar-refractivity contribution < 1.29 is 9.47 Å². The number of ether oxygens (including phenoxy) is 2. The molecule has 0 aliphatic heterocycles. The summed E-state index contributed by atoms with van der Waals surface area (Å²) < 4.78 is 10.8. The van der Waals surface area contributed by atoms with Gasteiger partial charge in [0.25, 0.3) is 0 Å². The minimum absolute atomic E-state index is 0.221. The largest absolute Gasteiger partial charge is 0.473 e. The molecule has 0 aliphatic rings. The second-order valence-electron chi connectivity index (χ2n) is 3.61. The Bertz CT molecular complexity index is 365. The zero-order chi connectivity index (χ0) is 13.5. The molecule has 0 heterocycles. The van der Waals surface area contributed by atoms with E-state index in [2.05, 4.69) is 5.32 Å². The summed E-state index contributed by atoms with van der Waals surface area (Å²) in [5, 5.41) is 4.41. The van der Waals surface area contributed by atoms with Gasteiger partial charge in [0.05, 0.1) is 16.7 Å². The van der Waals surface area contributed by atoms with Crippen molar-refractivity contribution in [3.63, 3.8) is 0 Å². The zero-order valence-electron chi connectivity index (χ0n) is 10.3. The Hall–Kier alpha value is -0.190. The van der Waals surface area contributed by atoms with Crippen molar-refractivity contribution in [3.8, 4) is 5.75 Å². The normalized spacial score (nSPS) is 12.5. The number of halogens is 3. The van der Waals surface area contributed by atoms with Crippen molar-refractivity contribution in [1.29, 1.82) is 0 Å². The van der Waals surface area contributed by atoms with Crippen LogP contribution in [-0.2, 0) is 4.74 Å². The average Bonchev–Trinajstić information content (AvgIpc) is 2.29. The van der Waals surface area contributed by atoms with E-state index in [1.165, 1.54) is 0 Å². The first-order valence-corrected chi connectivity index (χ1v) is 6.80. The molecule has 0 saturated heterocycles. The van der Waals surface area contributed by atoms with Crippen molar-refractivity contribution in [2.45, 2.75) is 20.1 Å². The van der Waals surface area contributed by atoms with E-state index in [0.29, 0.717) is 40.6 Å². The summed E-state index contributed by atoms with van der Waals surface area (Å²) in [6, 6.07) is 3.19. The van der Waals surface area contributed by atoms with Gasteiger partial charge in [0.2, 0.25) is 0 Å². The second kappa shape index (κ2) is 8.08. The lowest BCUT2D eigenvalue weighted by molar-refractivity contribution is 0.124. The fourth-order valence-electron chi connectivity index (χ4n) is 1.34. The number of nitrogens with one attached hydrogen (secondary N) is 1. The standard InChI is InChI=1S/C12H16Cl3NO2/c1-3-17-5-4-16-8(2)18-12-10(14)6-9(13)7-11(12)15/h6-8,16H,3-5H2,1-2H3. The molecule has 1 aromatic carbocycles. The van der Waals surface area contributed by atoms with Gasteiger partial charge in [-0.3, -0.25) is 5.32 Å². The quantitative estimate of drug-likeness (QED) is 0.610. The first-order valence-electron chi connectivity index (χ1n) is 5.67. The zero-order valence-corrected chi connectivity index (χ0v) is 12.6. The van der Waals surface area contributed by atoms with Crippen molar-refractivity contribution in [2.24, 2.45) is 0 Å². The molecular formula is C12H16Cl3NO2. The Balaban J connectivity index is 2.51. The molecule has 0 radical (unpaired) electrons. The minimum atomic E-state index is -0.221. The topological polar surface area (TPSA) is 30.5 Å². The van der Waals surface area contributed by atoms with Crippen LogP contribution in [0.3, 0.4) is 0 Å². The Morgan fingerprint density at radius 3 is 2.39 bits per heavy atom. The van der Waals surface area contributed by atoms with E-state index in [1.807, 2.05) is 13.8 Å². The molecule has 0 fully saturated rings. The summed E-state index contributed by atoms with van der Waals surface area (Å²) in [7, 11) is 0. The smallest absolute Gasteiger partial charge is 0.158 e. The van der Waals surface area contributed by atoms with Crippen molar-refractivity contribution in [2.75, 3.05) is 19.8 Å². The molecule has 102 valence electrons. The summed E-state index contributed by atoms with van der Waals surface area (Å²) >= 11 is 17.9. The van der Waals surface area contributed by atoms with Gasteiger partial charge in [0.1, 0.15) is 6.23 Å². The van der Waals surface area contributed by atoms with Gasteiger partial charge >= 0.3 is 0 Å². The second-order valence-corrected chi connectivity index (χ2v) is 4.86. The monoisotopic (exact) mass is 311 g/mol. The lowest BCUT2D eigenvalue weighted by atomic mass is 10.3. The van der Waals surface area contributed by atoms with Crippen molar-refractivity contribution in [1.82, 2.24) is 5.32 Å². The SMILES string of the molecule is CCOCCNC(C)Oc1c(Cl)cc(Cl)cc1Cl. The molecule has 0 spiro atoms. The Kier molecular flexibility index (Phi) is 7.12. The summed E-state index contributed by atoms with van der Waals surface area (Å²) in [4.78, 5) is 0. The third-order valence-corrected chi connectivity index (χ3v) is 2.92. The summed E-state index contributed by atoms with van der Waals surface area (Å²) in [5.41, 5.74) is 0. The molecule has 0 aromatic heterocycles. The lowest BCUT2D eigenvalue weighted by Gasteiger charge is -2.18. The number of benzene rings is 1. The van der Waals surface area contributed by atoms with Gasteiger partial charge in [-0.2, -0.15) is 0 Å². The fourth-order valence-corrected chi connectivity index (χ4v) is 2.24. The molecule has 6 heteroatoms. The number of rotatable bonds is 7. The first kappa shape index (κ1) is 15.9. The predicted molar refractivity (Wildman–Crippen MR) is 76.1 cm³/mol. The van der Waals surface area contributed by atoms with E-state index in [-0.39, 0.29) is 6.23 Å². The summed E-state index contributed by atoms with van der Waals surface area (Å²) in [5.74, 6) is 0.430. The first-order chi connectivity index (χ1) is 8.54. The average molecular weight is 313 g/mol. The van der Waals surface area contributed by atoms with Crippen LogP contribution in [0.2, 0.25) is 15.1 Å². The maximum atomic E-state index is 6.02. The van der Waals surface area contributed by atoms with Crippen molar-refractivity contribution >= 4 is 34.8 Å². The van der Waals surface area contributed by atoms with Crippen LogP contribution in [0.4, 0.5) is 0 Å². The molecule has 1 rings (SSSR count). The Morgan fingerprint density at radius 1 is 1.22 bits per heavy atom. The van der Waals surface area contributed by atoms with Crippen LogP contribution >= 0.6 is 34.8 Å². The third-order valence-electron chi connectivity index (χ3n) is 2.14. The molecule has 0 aliphatic carbocycles. The van der Waals surface area contributed by atoms with E-state index in [0.717, 1.165) is 0 Å². The van der Waals surface area contributed by atoms with E-state index >= 15 is 0 Å². The highest BCUT2D eigenvalue weighted by atomic mass is 35.5. The Morgan fingerprint density at radius 2 is 1.83 bits per heavy atom. The van der Waals surface area contributed by atoms with Crippen LogP contribution in [0.1, 0.15) is 13.8 Å². The number of hydrogen-bond donors (Lipinski definition) is 1. The van der Waals surface area contributed by atoms with E-state index in [1.54, 1.807) is 12.1 Å². The maximum Gasteiger partial charge on any atom is 0.158 e. The van der Waals surface area contributed by atoms with Crippen LogP contribution in [0.5, 0.6) is 5.75 Å². The highest BCUT2D eigenvalue weighted by Gasteiger charge is 2.12. The maximum absolute atomic E-state index is 6.02. The van der Waals surface area contributed by atoms with Crippen LogP contribution in [0.25, 0.3) is 0 Å². The highest BCUT2D eigenvalue weighted by molar-refractivity contribution is 6.40. The van der Waals surface area contributed by atoms with Gasteiger partial charge in [0.15, 0.2) is 5.75 Å². The Labute approximate surface area is 122 Å². The molecular weight excluding hydrogens is 296 g/mol. The summed E-state index contributed by atoms with van der Waals surface area (Å²) in [6.45, 7) is 5.84. The van der Waals surface area contributed by atoms with Gasteiger partial charge in [-0.15, -0.1) is 0 Å². The minimum Gasteiger partial charge on any atom is -0.473 e. The van der Waals surface area contributed by atoms with Gasteiger partial charge in [-0.05, 0) is 26.0 Å². The van der Waals surface area contributed by atoms with Crippen molar-refractivity contribution in [3.05, 3.63) is 27.2 Å². The van der Waals surface area contributed by atoms with Crippen LogP contribution in [0, 0.1) is 0 Å². The third kappa shape index (κ3) is 5.21. The predicted octanol–water partition coefficient (Wildman–Crippen LogP) is 4.00. The summed E-state index contributed by atoms with van der Waals surface area (Å²) in [6.07, 6.45) is -0.221. The fraction of sp³-hybridized carbons (Fsp3) is 0.500.